The topological polar surface area (TPSA) is 68.0 Å². The van der Waals surface area contributed by atoms with Crippen LogP contribution >= 0.6 is 0 Å². The third-order valence-electron chi connectivity index (χ3n) is 2.38. The number of benzene rings is 1. The van der Waals surface area contributed by atoms with Crippen molar-refractivity contribution in [1.82, 2.24) is 15.0 Å². The van der Waals surface area contributed by atoms with Crippen LogP contribution in [0.1, 0.15) is 22.8 Å². The second kappa shape index (κ2) is 4.14. The van der Waals surface area contributed by atoms with Gasteiger partial charge in [-0.15, -0.1) is 5.10 Å². The molecule has 2 rings (SSSR count). The zero-order valence-corrected chi connectivity index (χ0v) is 8.79. The third-order valence-corrected chi connectivity index (χ3v) is 2.38. The fraction of sp³-hybridized carbons (Fsp3) is 0.182. The number of hydrogen-bond acceptors (Lipinski definition) is 3. The third kappa shape index (κ3) is 1.79. The first kappa shape index (κ1) is 10.4. The highest BCUT2D eigenvalue weighted by molar-refractivity contribution is 5.88. The molecule has 0 aliphatic heterocycles. The zero-order valence-electron chi connectivity index (χ0n) is 8.79. The maximum Gasteiger partial charge on any atom is 0.335 e. The van der Waals surface area contributed by atoms with Gasteiger partial charge in [-0.1, -0.05) is 18.2 Å². The highest BCUT2D eigenvalue weighted by Gasteiger charge is 2.09. The van der Waals surface area contributed by atoms with E-state index in [2.05, 4.69) is 10.3 Å². The molecule has 1 heterocycles. The van der Waals surface area contributed by atoms with Gasteiger partial charge in [0.25, 0.3) is 0 Å². The van der Waals surface area contributed by atoms with E-state index in [-0.39, 0.29) is 5.56 Å². The van der Waals surface area contributed by atoms with E-state index < -0.39 is 5.97 Å². The Morgan fingerprint density at radius 2 is 2.31 bits per heavy atom. The maximum absolute atomic E-state index is 10.9. The average molecular weight is 217 g/mol. The van der Waals surface area contributed by atoms with Gasteiger partial charge in [0, 0.05) is 0 Å². The number of nitrogens with zero attached hydrogens (tertiary/aromatic N) is 3. The molecule has 2 aromatic rings. The lowest BCUT2D eigenvalue weighted by Gasteiger charge is -2.07. The molecule has 0 fully saturated rings. The number of carboxylic acids is 1. The molecule has 5 heteroatoms. The number of carboxylic acid groups (broad SMARTS) is 1. The van der Waals surface area contributed by atoms with Crippen molar-refractivity contribution in [2.24, 2.45) is 0 Å². The van der Waals surface area contributed by atoms with Crippen molar-refractivity contribution in [3.05, 3.63) is 41.7 Å². The smallest absolute Gasteiger partial charge is 0.335 e. The number of aromatic nitrogens is 3. The zero-order chi connectivity index (χ0) is 11.5. The lowest BCUT2D eigenvalue weighted by Crippen LogP contribution is -2.04. The fourth-order valence-corrected chi connectivity index (χ4v) is 1.55. The molecule has 0 saturated heterocycles. The second-order valence-electron chi connectivity index (χ2n) is 3.35. The molecule has 0 bridgehead atoms. The Morgan fingerprint density at radius 1 is 1.50 bits per heavy atom. The van der Waals surface area contributed by atoms with Crippen molar-refractivity contribution < 1.29 is 9.90 Å². The van der Waals surface area contributed by atoms with E-state index in [9.17, 15) is 4.79 Å². The summed E-state index contributed by atoms with van der Waals surface area (Å²) in [6, 6.07) is 5.01. The molecule has 0 amide bonds. The molecule has 1 aromatic carbocycles. The summed E-state index contributed by atoms with van der Waals surface area (Å²) in [5.74, 6) is -0.941. The van der Waals surface area contributed by atoms with Crippen LogP contribution in [0.3, 0.4) is 0 Å². The normalized spacial score (nSPS) is 10.3. The predicted molar refractivity (Wildman–Crippen MR) is 57.7 cm³/mol. The summed E-state index contributed by atoms with van der Waals surface area (Å²) in [5.41, 5.74) is 2.05. The van der Waals surface area contributed by atoms with E-state index in [0.717, 1.165) is 17.7 Å². The van der Waals surface area contributed by atoms with Crippen LogP contribution in [0.4, 0.5) is 0 Å². The SMILES string of the molecule is CCc1ccc(C(=O)O)cc1-n1ccnn1. The summed E-state index contributed by atoms with van der Waals surface area (Å²) in [6.07, 6.45) is 4.07. The minimum Gasteiger partial charge on any atom is -0.478 e. The summed E-state index contributed by atoms with van der Waals surface area (Å²) in [7, 11) is 0. The van der Waals surface area contributed by atoms with Gasteiger partial charge in [0.05, 0.1) is 23.6 Å². The van der Waals surface area contributed by atoms with Crippen molar-refractivity contribution in [3.63, 3.8) is 0 Å². The molecule has 0 spiro atoms. The number of carbonyl (C=O) groups is 1. The van der Waals surface area contributed by atoms with Crippen LogP contribution in [0.25, 0.3) is 5.69 Å². The van der Waals surface area contributed by atoms with Gasteiger partial charge in [-0.3, -0.25) is 0 Å². The minimum atomic E-state index is -0.941. The maximum atomic E-state index is 10.9. The molecule has 1 N–H and O–H groups in total. The molecule has 0 aliphatic rings. The molecule has 0 unspecified atom stereocenters. The Kier molecular flexibility index (Phi) is 2.68. The van der Waals surface area contributed by atoms with Crippen LogP contribution in [0, 0.1) is 0 Å². The lowest BCUT2D eigenvalue weighted by molar-refractivity contribution is 0.0697. The Morgan fingerprint density at radius 3 is 2.88 bits per heavy atom. The van der Waals surface area contributed by atoms with Crippen LogP contribution < -0.4 is 0 Å². The highest BCUT2D eigenvalue weighted by atomic mass is 16.4. The molecule has 0 radical (unpaired) electrons. The molecule has 82 valence electrons. The van der Waals surface area contributed by atoms with Crippen molar-refractivity contribution >= 4 is 5.97 Å². The van der Waals surface area contributed by atoms with Crippen molar-refractivity contribution in [2.75, 3.05) is 0 Å². The lowest BCUT2D eigenvalue weighted by atomic mass is 10.1. The van der Waals surface area contributed by atoms with Gasteiger partial charge in [0.2, 0.25) is 0 Å². The van der Waals surface area contributed by atoms with Gasteiger partial charge in [-0.25, -0.2) is 9.48 Å². The minimum absolute atomic E-state index is 0.253. The van der Waals surface area contributed by atoms with Gasteiger partial charge in [0.15, 0.2) is 0 Å². The van der Waals surface area contributed by atoms with Crippen molar-refractivity contribution in [1.29, 1.82) is 0 Å². The molecule has 16 heavy (non-hydrogen) atoms. The Hall–Kier alpha value is -2.17. The van der Waals surface area contributed by atoms with E-state index in [0.29, 0.717) is 0 Å². The second-order valence-corrected chi connectivity index (χ2v) is 3.35. The van der Waals surface area contributed by atoms with E-state index >= 15 is 0 Å². The number of aryl methyl sites for hydroxylation is 1. The average Bonchev–Trinajstić information content (AvgIpc) is 2.81. The summed E-state index contributed by atoms with van der Waals surface area (Å²) < 4.78 is 1.57. The monoisotopic (exact) mass is 217 g/mol. The summed E-state index contributed by atoms with van der Waals surface area (Å²) in [4.78, 5) is 10.9. The number of aromatic carboxylic acids is 1. The molecule has 5 nitrogen and oxygen atoms in total. The molecule has 0 atom stereocenters. The Bertz CT molecular complexity index is 506. The van der Waals surface area contributed by atoms with Crippen LogP contribution in [0.15, 0.2) is 30.6 Å². The van der Waals surface area contributed by atoms with E-state index in [1.165, 1.54) is 0 Å². The Labute approximate surface area is 92.3 Å². The molecule has 1 aromatic heterocycles. The van der Waals surface area contributed by atoms with Gasteiger partial charge in [-0.2, -0.15) is 0 Å². The first-order valence-electron chi connectivity index (χ1n) is 4.95. The number of hydrogen-bond donors (Lipinski definition) is 1. The standard InChI is InChI=1S/C11H11N3O2/c1-2-8-3-4-9(11(15)16)7-10(8)14-6-5-12-13-14/h3-7H,2H2,1H3,(H,15,16). The van der Waals surface area contributed by atoms with Crippen molar-refractivity contribution in [3.8, 4) is 5.69 Å². The van der Waals surface area contributed by atoms with Crippen LogP contribution in [0.5, 0.6) is 0 Å². The molecular formula is C11H11N3O2. The largest absolute Gasteiger partial charge is 0.478 e. The van der Waals surface area contributed by atoms with Crippen LogP contribution in [-0.4, -0.2) is 26.1 Å². The van der Waals surface area contributed by atoms with Crippen molar-refractivity contribution in [2.45, 2.75) is 13.3 Å². The highest BCUT2D eigenvalue weighted by Crippen LogP contribution is 2.16. The first-order chi connectivity index (χ1) is 7.72. The summed E-state index contributed by atoms with van der Waals surface area (Å²) in [6.45, 7) is 2.01. The van der Waals surface area contributed by atoms with E-state index in [1.807, 2.05) is 6.92 Å². The van der Waals surface area contributed by atoms with E-state index in [4.69, 9.17) is 5.11 Å². The Balaban J connectivity index is 2.56. The number of rotatable bonds is 3. The van der Waals surface area contributed by atoms with Gasteiger partial charge >= 0.3 is 5.97 Å². The van der Waals surface area contributed by atoms with Crippen LogP contribution in [-0.2, 0) is 6.42 Å². The fourth-order valence-electron chi connectivity index (χ4n) is 1.55. The van der Waals surface area contributed by atoms with Gasteiger partial charge < -0.3 is 5.11 Å². The summed E-state index contributed by atoms with van der Waals surface area (Å²) >= 11 is 0. The predicted octanol–water partition coefficient (Wildman–Crippen LogP) is 1.53. The molecular weight excluding hydrogens is 206 g/mol. The van der Waals surface area contributed by atoms with Gasteiger partial charge in [-0.05, 0) is 24.1 Å². The molecule has 0 aliphatic carbocycles. The summed E-state index contributed by atoms with van der Waals surface area (Å²) in [5, 5.41) is 16.5. The van der Waals surface area contributed by atoms with E-state index in [1.54, 1.807) is 35.3 Å². The quantitative estimate of drug-likeness (QED) is 0.846. The van der Waals surface area contributed by atoms with Crippen LogP contribution in [0.2, 0.25) is 0 Å². The first-order valence-corrected chi connectivity index (χ1v) is 4.95. The molecule has 0 saturated carbocycles. The van der Waals surface area contributed by atoms with Gasteiger partial charge in [0.1, 0.15) is 0 Å².